The Balaban J connectivity index is 1.99. The summed E-state index contributed by atoms with van der Waals surface area (Å²) in [5, 5.41) is 7.54. The first-order valence-electron chi connectivity index (χ1n) is 6.81. The van der Waals surface area contributed by atoms with Gasteiger partial charge in [-0.3, -0.25) is 9.69 Å². The average molecular weight is 301 g/mol. The van der Waals surface area contributed by atoms with Crippen molar-refractivity contribution in [2.45, 2.75) is 18.9 Å². The molecule has 1 unspecified atom stereocenters. The van der Waals surface area contributed by atoms with E-state index in [9.17, 15) is 4.79 Å². The molecule has 1 aliphatic rings. The molecule has 2 rings (SSSR count). The highest BCUT2D eigenvalue weighted by Gasteiger charge is 2.20. The molecule has 1 N–H and O–H groups in total. The van der Waals surface area contributed by atoms with Crippen molar-refractivity contribution in [3.63, 3.8) is 0 Å². The summed E-state index contributed by atoms with van der Waals surface area (Å²) in [5.74, 6) is 0. The fourth-order valence-electron chi connectivity index (χ4n) is 2.43. The molecular formula is C13H21ClN4O2. The van der Waals surface area contributed by atoms with E-state index in [1.807, 2.05) is 0 Å². The van der Waals surface area contributed by atoms with Crippen LogP contribution < -0.4 is 10.9 Å². The molecule has 1 aromatic rings. The lowest BCUT2D eigenvalue weighted by atomic mass is 10.1. The van der Waals surface area contributed by atoms with Crippen LogP contribution in [0.1, 0.15) is 12.8 Å². The van der Waals surface area contributed by atoms with Gasteiger partial charge in [-0.15, -0.1) is 0 Å². The smallest absolute Gasteiger partial charge is 0.287 e. The molecule has 0 saturated carbocycles. The predicted octanol–water partition coefficient (Wildman–Crippen LogP) is 0.956. The lowest BCUT2D eigenvalue weighted by Crippen LogP contribution is -2.43. The molecular weight excluding hydrogens is 280 g/mol. The van der Waals surface area contributed by atoms with Crippen molar-refractivity contribution in [1.82, 2.24) is 14.7 Å². The molecule has 7 heteroatoms. The van der Waals surface area contributed by atoms with E-state index in [0.29, 0.717) is 5.69 Å². The van der Waals surface area contributed by atoms with Crippen LogP contribution in [0.4, 0.5) is 5.69 Å². The fraction of sp³-hybridized carbons (Fsp3) is 0.692. The second kappa shape index (κ2) is 7.06. The topological polar surface area (TPSA) is 59.4 Å². The summed E-state index contributed by atoms with van der Waals surface area (Å²) >= 11 is 6.07. The standard InChI is InChI=1S/C13H21ClN4O2/c1-17-13(19)12(14)11(8-15-17)16-10-4-3-5-18(9-10)6-7-20-2/h8,10,16H,3-7,9H2,1-2H3. The fourth-order valence-corrected chi connectivity index (χ4v) is 2.65. The van der Waals surface area contributed by atoms with Crippen molar-refractivity contribution >= 4 is 17.3 Å². The minimum Gasteiger partial charge on any atom is -0.383 e. The zero-order valence-corrected chi connectivity index (χ0v) is 12.7. The number of rotatable bonds is 5. The highest BCUT2D eigenvalue weighted by Crippen LogP contribution is 2.20. The molecule has 0 aliphatic carbocycles. The quantitative estimate of drug-likeness (QED) is 0.877. The average Bonchev–Trinajstić information content (AvgIpc) is 2.46. The first kappa shape index (κ1) is 15.3. The van der Waals surface area contributed by atoms with E-state index in [4.69, 9.17) is 16.3 Å². The van der Waals surface area contributed by atoms with Gasteiger partial charge in [0.05, 0.1) is 18.5 Å². The van der Waals surface area contributed by atoms with Gasteiger partial charge in [-0.05, 0) is 19.4 Å². The number of hydrogen-bond acceptors (Lipinski definition) is 5. The number of aryl methyl sites for hydroxylation is 1. The van der Waals surface area contributed by atoms with Gasteiger partial charge in [-0.1, -0.05) is 11.6 Å². The number of likely N-dealkylation sites (tertiary alicyclic amines) is 1. The van der Waals surface area contributed by atoms with Crippen LogP contribution in [0.5, 0.6) is 0 Å². The van der Waals surface area contributed by atoms with E-state index in [2.05, 4.69) is 15.3 Å². The Morgan fingerprint density at radius 2 is 2.40 bits per heavy atom. The van der Waals surface area contributed by atoms with Crippen LogP contribution in [0.25, 0.3) is 0 Å². The van der Waals surface area contributed by atoms with Gasteiger partial charge < -0.3 is 10.1 Å². The molecule has 1 aromatic heterocycles. The third-order valence-corrected chi connectivity index (χ3v) is 3.92. The predicted molar refractivity (Wildman–Crippen MR) is 79.4 cm³/mol. The summed E-state index contributed by atoms with van der Waals surface area (Å²) in [7, 11) is 3.30. The Kier molecular flexibility index (Phi) is 5.39. The normalized spacial score (nSPS) is 20.1. The molecule has 1 saturated heterocycles. The molecule has 0 aromatic carbocycles. The maximum atomic E-state index is 11.7. The lowest BCUT2D eigenvalue weighted by Gasteiger charge is -2.33. The summed E-state index contributed by atoms with van der Waals surface area (Å²) in [6, 6.07) is 0.284. The second-order valence-electron chi connectivity index (χ2n) is 5.08. The van der Waals surface area contributed by atoms with Gasteiger partial charge in [0.25, 0.3) is 5.56 Å². The van der Waals surface area contributed by atoms with Crippen LogP contribution in [-0.2, 0) is 11.8 Å². The van der Waals surface area contributed by atoms with Gasteiger partial charge in [-0.25, -0.2) is 4.68 Å². The maximum Gasteiger partial charge on any atom is 0.287 e. The molecule has 0 radical (unpaired) electrons. The maximum absolute atomic E-state index is 11.7. The highest BCUT2D eigenvalue weighted by molar-refractivity contribution is 6.32. The zero-order valence-electron chi connectivity index (χ0n) is 11.9. The minimum absolute atomic E-state index is 0.205. The number of aromatic nitrogens is 2. The van der Waals surface area contributed by atoms with E-state index >= 15 is 0 Å². The SMILES string of the molecule is COCCN1CCCC(Nc2cnn(C)c(=O)c2Cl)C1. The number of anilines is 1. The third kappa shape index (κ3) is 3.71. The third-order valence-electron chi connectivity index (χ3n) is 3.55. The first-order chi connectivity index (χ1) is 9.61. The summed E-state index contributed by atoms with van der Waals surface area (Å²) in [6.07, 6.45) is 3.80. The molecule has 20 heavy (non-hydrogen) atoms. The molecule has 0 amide bonds. The number of hydrogen-bond donors (Lipinski definition) is 1. The Morgan fingerprint density at radius 3 is 3.15 bits per heavy atom. The van der Waals surface area contributed by atoms with Crippen LogP contribution in [-0.4, -0.2) is 54.1 Å². The van der Waals surface area contributed by atoms with E-state index in [0.717, 1.165) is 39.1 Å². The Morgan fingerprint density at radius 1 is 1.60 bits per heavy atom. The van der Waals surface area contributed by atoms with Gasteiger partial charge >= 0.3 is 0 Å². The summed E-state index contributed by atoms with van der Waals surface area (Å²) in [6.45, 7) is 3.68. The first-order valence-corrected chi connectivity index (χ1v) is 7.19. The van der Waals surface area contributed by atoms with Gasteiger partial charge in [0.15, 0.2) is 0 Å². The number of piperidine rings is 1. The molecule has 0 spiro atoms. The number of ether oxygens (including phenoxy) is 1. The van der Waals surface area contributed by atoms with Gasteiger partial charge in [0, 0.05) is 33.3 Å². The Bertz CT molecular complexity index is 506. The van der Waals surface area contributed by atoms with Crippen molar-refractivity contribution in [2.75, 3.05) is 38.7 Å². The molecule has 1 aliphatic heterocycles. The van der Waals surface area contributed by atoms with Crippen LogP contribution in [0.3, 0.4) is 0 Å². The Labute approximate surface area is 123 Å². The summed E-state index contributed by atoms with van der Waals surface area (Å²) in [5.41, 5.74) is 0.345. The largest absolute Gasteiger partial charge is 0.383 e. The molecule has 2 heterocycles. The van der Waals surface area contributed by atoms with Gasteiger partial charge in [-0.2, -0.15) is 5.10 Å². The number of methoxy groups -OCH3 is 1. The molecule has 1 fully saturated rings. The van der Waals surface area contributed by atoms with Crippen molar-refractivity contribution < 1.29 is 4.74 Å². The number of nitrogens with one attached hydrogen (secondary N) is 1. The van der Waals surface area contributed by atoms with Crippen molar-refractivity contribution in [1.29, 1.82) is 0 Å². The van der Waals surface area contributed by atoms with Crippen molar-refractivity contribution in [2.24, 2.45) is 7.05 Å². The minimum atomic E-state index is -0.274. The Hall–Kier alpha value is -1.11. The van der Waals surface area contributed by atoms with Crippen molar-refractivity contribution in [3.8, 4) is 0 Å². The summed E-state index contributed by atoms with van der Waals surface area (Å²) in [4.78, 5) is 14.1. The van der Waals surface area contributed by atoms with E-state index in [1.54, 1.807) is 20.4 Å². The molecule has 1 atom stereocenters. The van der Waals surface area contributed by atoms with Gasteiger partial charge in [0.2, 0.25) is 0 Å². The zero-order chi connectivity index (χ0) is 14.5. The van der Waals surface area contributed by atoms with Crippen molar-refractivity contribution in [3.05, 3.63) is 21.6 Å². The van der Waals surface area contributed by atoms with E-state index < -0.39 is 0 Å². The van der Waals surface area contributed by atoms with Crippen LogP contribution in [0, 0.1) is 0 Å². The molecule has 0 bridgehead atoms. The van der Waals surface area contributed by atoms with Crippen LogP contribution in [0.2, 0.25) is 5.02 Å². The monoisotopic (exact) mass is 300 g/mol. The second-order valence-corrected chi connectivity index (χ2v) is 5.46. The van der Waals surface area contributed by atoms with E-state index in [1.165, 1.54) is 4.68 Å². The number of halogens is 1. The van der Waals surface area contributed by atoms with Crippen LogP contribution in [0.15, 0.2) is 11.0 Å². The van der Waals surface area contributed by atoms with E-state index in [-0.39, 0.29) is 16.6 Å². The van der Waals surface area contributed by atoms with Gasteiger partial charge in [0.1, 0.15) is 5.02 Å². The molecule has 6 nitrogen and oxygen atoms in total. The van der Waals surface area contributed by atoms with Crippen LogP contribution >= 0.6 is 11.6 Å². The number of nitrogens with zero attached hydrogens (tertiary/aromatic N) is 3. The summed E-state index contributed by atoms with van der Waals surface area (Å²) < 4.78 is 6.34. The lowest BCUT2D eigenvalue weighted by molar-refractivity contribution is 0.131. The molecule has 112 valence electrons. The highest BCUT2D eigenvalue weighted by atomic mass is 35.5.